The summed E-state index contributed by atoms with van der Waals surface area (Å²) in [7, 11) is 0. The van der Waals surface area contributed by atoms with Gasteiger partial charge in [-0.3, -0.25) is 9.59 Å². The van der Waals surface area contributed by atoms with Crippen LogP contribution in [0.15, 0.2) is 47.1 Å². The van der Waals surface area contributed by atoms with E-state index in [9.17, 15) is 9.59 Å². The first-order valence-electron chi connectivity index (χ1n) is 13.2. The van der Waals surface area contributed by atoms with Crippen LogP contribution in [-0.2, 0) is 21.5 Å². The lowest BCUT2D eigenvalue weighted by Gasteiger charge is -2.21. The van der Waals surface area contributed by atoms with Crippen molar-refractivity contribution in [3.63, 3.8) is 0 Å². The van der Waals surface area contributed by atoms with Crippen LogP contribution < -0.4 is 5.32 Å². The van der Waals surface area contributed by atoms with E-state index in [0.29, 0.717) is 33.7 Å². The summed E-state index contributed by atoms with van der Waals surface area (Å²) in [6, 6.07) is 10.6. The standard InChI is InChI=1S/C29H38Cl2N4O3/c1-5-6-7-8-9-10-13-28(37)34(19-22-12-11-16-38-22)20-27(36)32-26-18-25(29(2,3)4)33-35(26)21-14-15-23(30)24(31)17-21/h11-12,14-18H,5-10,13,19-20H2,1-4H3,(H,32,36). The Morgan fingerprint density at radius 1 is 1.03 bits per heavy atom. The molecule has 3 rings (SSSR count). The monoisotopic (exact) mass is 560 g/mol. The molecule has 0 radical (unpaired) electrons. The number of hydrogen-bond acceptors (Lipinski definition) is 4. The van der Waals surface area contributed by atoms with Crippen LogP contribution in [0.2, 0.25) is 10.0 Å². The Bertz CT molecular complexity index is 1200. The number of carbonyl (C=O) groups excluding carboxylic acids is 2. The third kappa shape index (κ3) is 8.63. The van der Waals surface area contributed by atoms with E-state index in [4.69, 9.17) is 32.7 Å². The molecular weight excluding hydrogens is 523 g/mol. The molecule has 0 aliphatic rings. The van der Waals surface area contributed by atoms with E-state index >= 15 is 0 Å². The molecule has 38 heavy (non-hydrogen) atoms. The van der Waals surface area contributed by atoms with Gasteiger partial charge in [-0.15, -0.1) is 0 Å². The van der Waals surface area contributed by atoms with Gasteiger partial charge >= 0.3 is 0 Å². The molecule has 0 atom stereocenters. The van der Waals surface area contributed by atoms with E-state index in [0.717, 1.165) is 25.0 Å². The van der Waals surface area contributed by atoms with Crippen molar-refractivity contribution in [2.45, 2.75) is 84.6 Å². The molecule has 0 aliphatic carbocycles. The van der Waals surface area contributed by atoms with Crippen molar-refractivity contribution in [3.8, 4) is 5.69 Å². The highest BCUT2D eigenvalue weighted by molar-refractivity contribution is 6.42. The van der Waals surface area contributed by atoms with Crippen molar-refractivity contribution in [2.75, 3.05) is 11.9 Å². The number of hydrogen-bond donors (Lipinski definition) is 1. The van der Waals surface area contributed by atoms with Crippen LogP contribution >= 0.6 is 23.2 Å². The lowest BCUT2D eigenvalue weighted by Crippen LogP contribution is -2.37. The molecule has 0 bridgehead atoms. The number of furan rings is 1. The minimum Gasteiger partial charge on any atom is -0.467 e. The largest absolute Gasteiger partial charge is 0.467 e. The maximum absolute atomic E-state index is 13.2. The molecule has 2 aromatic heterocycles. The summed E-state index contributed by atoms with van der Waals surface area (Å²) in [5.74, 6) is 0.722. The van der Waals surface area contributed by atoms with Gasteiger partial charge in [-0.2, -0.15) is 5.10 Å². The first kappa shape index (κ1) is 29.8. The second-order valence-corrected chi connectivity index (χ2v) is 11.4. The van der Waals surface area contributed by atoms with Crippen molar-refractivity contribution >= 4 is 40.8 Å². The minimum absolute atomic E-state index is 0.0691. The number of aromatic nitrogens is 2. The zero-order valence-electron chi connectivity index (χ0n) is 22.7. The van der Waals surface area contributed by atoms with Gasteiger partial charge in [0.1, 0.15) is 18.1 Å². The van der Waals surface area contributed by atoms with Gasteiger partial charge < -0.3 is 14.6 Å². The van der Waals surface area contributed by atoms with Crippen molar-refractivity contribution in [2.24, 2.45) is 0 Å². The topological polar surface area (TPSA) is 80.4 Å². The molecule has 0 unspecified atom stereocenters. The number of amides is 2. The molecule has 0 saturated heterocycles. The molecule has 206 valence electrons. The summed E-state index contributed by atoms with van der Waals surface area (Å²) >= 11 is 12.4. The van der Waals surface area contributed by atoms with Crippen LogP contribution in [0.4, 0.5) is 5.82 Å². The smallest absolute Gasteiger partial charge is 0.245 e. The number of halogens is 2. The zero-order chi connectivity index (χ0) is 27.7. The van der Waals surface area contributed by atoms with E-state index < -0.39 is 0 Å². The van der Waals surface area contributed by atoms with Gasteiger partial charge in [0.05, 0.1) is 34.2 Å². The van der Waals surface area contributed by atoms with Crippen molar-refractivity contribution in [3.05, 3.63) is 64.2 Å². The summed E-state index contributed by atoms with van der Waals surface area (Å²) in [6.45, 7) is 8.45. The molecule has 9 heteroatoms. The van der Waals surface area contributed by atoms with Crippen LogP contribution in [0.3, 0.4) is 0 Å². The number of benzene rings is 1. The van der Waals surface area contributed by atoms with E-state index in [-0.39, 0.29) is 30.3 Å². The first-order valence-corrected chi connectivity index (χ1v) is 14.0. The second kappa shape index (κ2) is 13.9. The molecule has 0 spiro atoms. The van der Waals surface area contributed by atoms with Crippen molar-refractivity contribution < 1.29 is 14.0 Å². The van der Waals surface area contributed by atoms with Crippen LogP contribution in [0.5, 0.6) is 0 Å². The highest BCUT2D eigenvalue weighted by Gasteiger charge is 2.24. The minimum atomic E-state index is -0.325. The summed E-state index contributed by atoms with van der Waals surface area (Å²) in [4.78, 5) is 27.9. The fraction of sp³-hybridized carbons (Fsp3) is 0.483. The fourth-order valence-electron chi connectivity index (χ4n) is 4.04. The maximum Gasteiger partial charge on any atom is 0.245 e. The normalized spacial score (nSPS) is 11.5. The third-order valence-corrected chi connectivity index (χ3v) is 6.99. The van der Waals surface area contributed by atoms with Gasteiger partial charge in [-0.25, -0.2) is 4.68 Å². The van der Waals surface area contributed by atoms with Crippen LogP contribution in [-0.4, -0.2) is 33.0 Å². The highest BCUT2D eigenvalue weighted by atomic mass is 35.5. The SMILES string of the molecule is CCCCCCCCC(=O)N(CC(=O)Nc1cc(C(C)(C)C)nn1-c1ccc(Cl)c(Cl)c1)Cc1ccco1. The number of carbonyl (C=O) groups is 2. The van der Waals surface area contributed by atoms with Crippen LogP contribution in [0.25, 0.3) is 5.69 Å². The summed E-state index contributed by atoms with van der Waals surface area (Å²) in [5.41, 5.74) is 1.21. The predicted octanol–water partition coefficient (Wildman–Crippen LogP) is 7.79. The molecule has 7 nitrogen and oxygen atoms in total. The molecule has 1 N–H and O–H groups in total. The number of unbranched alkanes of at least 4 members (excludes halogenated alkanes) is 5. The Labute approximate surface area is 235 Å². The molecule has 3 aromatic rings. The molecule has 0 aliphatic heterocycles. The summed E-state index contributed by atoms with van der Waals surface area (Å²) in [6.07, 6.45) is 8.48. The maximum atomic E-state index is 13.2. The molecule has 1 aromatic carbocycles. The summed E-state index contributed by atoms with van der Waals surface area (Å²) < 4.78 is 7.09. The molecule has 2 heterocycles. The average molecular weight is 562 g/mol. The number of anilines is 1. The fourth-order valence-corrected chi connectivity index (χ4v) is 4.34. The number of nitrogens with zero attached hydrogens (tertiary/aromatic N) is 3. The Hall–Kier alpha value is -2.77. The third-order valence-electron chi connectivity index (χ3n) is 6.25. The van der Waals surface area contributed by atoms with Gasteiger partial charge in [0.15, 0.2) is 0 Å². The Balaban J connectivity index is 1.75. The van der Waals surface area contributed by atoms with Gasteiger partial charge in [0.25, 0.3) is 0 Å². The molecular formula is C29H38Cl2N4O3. The van der Waals surface area contributed by atoms with Gasteiger partial charge in [0, 0.05) is 17.9 Å². The zero-order valence-corrected chi connectivity index (χ0v) is 24.2. The van der Waals surface area contributed by atoms with Crippen LogP contribution in [0.1, 0.15) is 84.1 Å². The van der Waals surface area contributed by atoms with E-state index in [1.165, 1.54) is 19.3 Å². The van der Waals surface area contributed by atoms with Crippen molar-refractivity contribution in [1.82, 2.24) is 14.7 Å². The lowest BCUT2D eigenvalue weighted by atomic mass is 9.92. The second-order valence-electron chi connectivity index (χ2n) is 10.6. The van der Waals surface area contributed by atoms with Gasteiger partial charge in [0.2, 0.25) is 11.8 Å². The Kier molecular flexibility index (Phi) is 10.9. The van der Waals surface area contributed by atoms with E-state index in [1.54, 1.807) is 46.2 Å². The van der Waals surface area contributed by atoms with E-state index in [2.05, 4.69) is 12.2 Å². The molecule has 0 saturated carbocycles. The quantitative estimate of drug-likeness (QED) is 0.216. The lowest BCUT2D eigenvalue weighted by molar-refractivity contribution is -0.135. The predicted molar refractivity (Wildman–Crippen MR) is 153 cm³/mol. The molecule has 2 amide bonds. The Morgan fingerprint density at radius 2 is 1.76 bits per heavy atom. The highest BCUT2D eigenvalue weighted by Crippen LogP contribution is 2.29. The number of nitrogens with one attached hydrogen (secondary N) is 1. The van der Waals surface area contributed by atoms with E-state index in [1.807, 2.05) is 26.8 Å². The summed E-state index contributed by atoms with van der Waals surface area (Å²) in [5, 5.41) is 8.50. The van der Waals surface area contributed by atoms with Crippen molar-refractivity contribution in [1.29, 1.82) is 0 Å². The van der Waals surface area contributed by atoms with Gasteiger partial charge in [-0.05, 0) is 36.8 Å². The number of rotatable bonds is 13. The average Bonchev–Trinajstić information content (AvgIpc) is 3.52. The Morgan fingerprint density at radius 3 is 2.42 bits per heavy atom. The molecule has 0 fully saturated rings. The van der Waals surface area contributed by atoms with Crippen LogP contribution in [0, 0.1) is 0 Å². The van der Waals surface area contributed by atoms with Gasteiger partial charge in [-0.1, -0.05) is 83.0 Å². The first-order chi connectivity index (χ1) is 18.1.